The molecule has 0 unspecified atom stereocenters. The van der Waals surface area contributed by atoms with Gasteiger partial charge in [-0.1, -0.05) is 42.0 Å². The zero-order valence-electron chi connectivity index (χ0n) is 14.9. The first-order valence-corrected chi connectivity index (χ1v) is 11.8. The average molecular weight is 404 g/mol. The van der Waals surface area contributed by atoms with Crippen LogP contribution >= 0.6 is 0 Å². The summed E-state index contributed by atoms with van der Waals surface area (Å²) >= 11 is 0. The third kappa shape index (κ3) is 3.13. The first-order valence-electron chi connectivity index (χ1n) is 8.91. The second-order valence-corrected chi connectivity index (χ2v) is 10.9. The van der Waals surface area contributed by atoms with Crippen molar-refractivity contribution in [1.29, 1.82) is 0 Å². The van der Waals surface area contributed by atoms with E-state index in [1.54, 1.807) is 60.7 Å². The molecule has 0 aromatic heterocycles. The van der Waals surface area contributed by atoms with E-state index in [-0.39, 0.29) is 22.3 Å². The van der Waals surface area contributed by atoms with Crippen LogP contribution in [0, 0.1) is 6.92 Å². The highest BCUT2D eigenvalue weighted by Gasteiger charge is 2.46. The quantitative estimate of drug-likeness (QED) is 0.785. The van der Waals surface area contributed by atoms with Crippen molar-refractivity contribution in [3.8, 4) is 0 Å². The van der Waals surface area contributed by atoms with Gasteiger partial charge in [0.05, 0.1) is 9.79 Å². The SMILES string of the molecule is Cc1ccc(S(=O)(=O)N2[C@@H]3CC[C@H]2C=C(S(=O)(=O)c2ccccc2)C3)cc1. The van der Waals surface area contributed by atoms with Crippen molar-refractivity contribution in [2.75, 3.05) is 0 Å². The van der Waals surface area contributed by atoms with E-state index < -0.39 is 25.9 Å². The van der Waals surface area contributed by atoms with Gasteiger partial charge in [0.25, 0.3) is 0 Å². The van der Waals surface area contributed by atoms with Crippen LogP contribution in [0.2, 0.25) is 0 Å². The molecule has 142 valence electrons. The predicted molar refractivity (Wildman–Crippen MR) is 103 cm³/mol. The zero-order valence-corrected chi connectivity index (χ0v) is 16.6. The third-order valence-corrected chi connectivity index (χ3v) is 9.17. The molecule has 7 heteroatoms. The number of sulfonamides is 1. The van der Waals surface area contributed by atoms with E-state index in [0.29, 0.717) is 17.7 Å². The number of hydrogen-bond acceptors (Lipinski definition) is 4. The van der Waals surface area contributed by atoms with Gasteiger partial charge < -0.3 is 0 Å². The molecule has 2 aliphatic rings. The molecule has 0 N–H and O–H groups in total. The highest BCUT2D eigenvalue weighted by Crippen LogP contribution is 2.41. The largest absolute Gasteiger partial charge is 0.243 e. The van der Waals surface area contributed by atoms with Gasteiger partial charge in [-0.05, 0) is 44.0 Å². The lowest BCUT2D eigenvalue weighted by Gasteiger charge is -2.32. The molecule has 1 fully saturated rings. The molecule has 0 spiro atoms. The minimum Gasteiger partial charge on any atom is -0.219 e. The van der Waals surface area contributed by atoms with Gasteiger partial charge in [-0.15, -0.1) is 0 Å². The Kier molecular flexibility index (Phi) is 4.49. The highest BCUT2D eigenvalue weighted by molar-refractivity contribution is 7.95. The van der Waals surface area contributed by atoms with Crippen molar-refractivity contribution in [3.63, 3.8) is 0 Å². The lowest BCUT2D eigenvalue weighted by molar-refractivity contribution is 0.338. The number of nitrogens with zero attached hydrogens (tertiary/aromatic N) is 1. The molecule has 2 aromatic carbocycles. The number of rotatable bonds is 4. The molecule has 0 saturated carbocycles. The molecule has 0 aliphatic carbocycles. The first-order chi connectivity index (χ1) is 12.8. The average Bonchev–Trinajstić information content (AvgIpc) is 2.94. The maximum absolute atomic E-state index is 13.1. The van der Waals surface area contributed by atoms with Crippen LogP contribution in [0.25, 0.3) is 0 Å². The fourth-order valence-corrected chi connectivity index (χ4v) is 7.29. The Morgan fingerprint density at radius 2 is 1.52 bits per heavy atom. The van der Waals surface area contributed by atoms with E-state index in [0.717, 1.165) is 5.56 Å². The molecular weight excluding hydrogens is 382 g/mol. The second kappa shape index (κ2) is 6.58. The molecule has 2 aliphatic heterocycles. The first kappa shape index (κ1) is 18.4. The van der Waals surface area contributed by atoms with E-state index >= 15 is 0 Å². The van der Waals surface area contributed by atoms with Crippen molar-refractivity contribution in [3.05, 3.63) is 71.1 Å². The van der Waals surface area contributed by atoms with E-state index in [2.05, 4.69) is 0 Å². The predicted octanol–water partition coefficient (Wildman–Crippen LogP) is 3.28. The Labute approximate surface area is 160 Å². The summed E-state index contributed by atoms with van der Waals surface area (Å²) in [5.41, 5.74) is 0.992. The maximum atomic E-state index is 13.1. The Balaban J connectivity index is 1.70. The van der Waals surface area contributed by atoms with Crippen molar-refractivity contribution < 1.29 is 16.8 Å². The van der Waals surface area contributed by atoms with Gasteiger partial charge >= 0.3 is 0 Å². The summed E-state index contributed by atoms with van der Waals surface area (Å²) < 4.78 is 53.6. The summed E-state index contributed by atoms with van der Waals surface area (Å²) in [7, 11) is -7.24. The van der Waals surface area contributed by atoms with Gasteiger partial charge in [0.1, 0.15) is 0 Å². The van der Waals surface area contributed by atoms with Crippen LogP contribution in [-0.4, -0.2) is 33.2 Å². The van der Waals surface area contributed by atoms with Crippen molar-refractivity contribution in [2.45, 2.75) is 48.1 Å². The van der Waals surface area contributed by atoms with E-state index in [1.807, 2.05) is 6.92 Å². The molecule has 0 radical (unpaired) electrons. The molecule has 2 atom stereocenters. The number of hydrogen-bond donors (Lipinski definition) is 0. The topological polar surface area (TPSA) is 71.5 Å². The standard InChI is InChI=1S/C20H21NO4S2/c1-15-7-11-19(12-8-15)27(24,25)21-16-9-10-17(21)14-20(13-16)26(22,23)18-5-3-2-4-6-18/h2-8,11-13,16-17H,9-10,14H2,1H3/t16-,17+/m0/s1. The number of sulfone groups is 1. The Morgan fingerprint density at radius 3 is 2.15 bits per heavy atom. The van der Waals surface area contributed by atoms with Gasteiger partial charge in [0.2, 0.25) is 19.9 Å². The van der Waals surface area contributed by atoms with Crippen molar-refractivity contribution in [1.82, 2.24) is 4.31 Å². The monoisotopic (exact) mass is 403 g/mol. The molecule has 2 heterocycles. The maximum Gasteiger partial charge on any atom is 0.243 e. The van der Waals surface area contributed by atoms with Crippen LogP contribution in [0.1, 0.15) is 24.8 Å². The molecule has 1 saturated heterocycles. The van der Waals surface area contributed by atoms with Gasteiger partial charge in [-0.25, -0.2) is 16.8 Å². The summed E-state index contributed by atoms with van der Waals surface area (Å²) in [5, 5.41) is 0. The summed E-state index contributed by atoms with van der Waals surface area (Å²) in [4.78, 5) is 0.842. The Morgan fingerprint density at radius 1 is 0.852 bits per heavy atom. The van der Waals surface area contributed by atoms with Gasteiger partial charge in [0.15, 0.2) is 0 Å². The van der Waals surface area contributed by atoms with Crippen molar-refractivity contribution in [2.24, 2.45) is 0 Å². The molecule has 0 amide bonds. The Hall–Kier alpha value is -1.96. The fraction of sp³-hybridized carbons (Fsp3) is 0.300. The number of benzene rings is 2. The molecular formula is C20H21NO4S2. The molecule has 27 heavy (non-hydrogen) atoms. The zero-order chi connectivity index (χ0) is 19.2. The normalized spacial score (nSPS) is 23.2. The fourth-order valence-electron chi connectivity index (χ4n) is 3.91. The summed E-state index contributed by atoms with van der Waals surface area (Å²) in [5.74, 6) is 0. The van der Waals surface area contributed by atoms with Gasteiger partial charge in [-0.2, -0.15) is 4.31 Å². The molecule has 5 nitrogen and oxygen atoms in total. The minimum absolute atomic E-state index is 0.221. The van der Waals surface area contributed by atoms with Crippen LogP contribution in [0.4, 0.5) is 0 Å². The third-order valence-electron chi connectivity index (χ3n) is 5.29. The molecule has 2 bridgehead atoms. The highest BCUT2D eigenvalue weighted by atomic mass is 32.2. The van der Waals surface area contributed by atoms with Crippen molar-refractivity contribution >= 4 is 19.9 Å². The summed E-state index contributed by atoms with van der Waals surface area (Å²) in [6.45, 7) is 1.91. The minimum atomic E-state index is -3.65. The molecule has 4 rings (SSSR count). The number of aryl methyl sites for hydroxylation is 1. The van der Waals surface area contributed by atoms with Crippen LogP contribution in [0.15, 0.2) is 75.4 Å². The van der Waals surface area contributed by atoms with Crippen LogP contribution in [-0.2, 0) is 19.9 Å². The van der Waals surface area contributed by atoms with Gasteiger partial charge in [0, 0.05) is 23.4 Å². The summed E-state index contributed by atoms with van der Waals surface area (Å²) in [6.07, 6.45) is 3.17. The smallest absolute Gasteiger partial charge is 0.219 e. The van der Waals surface area contributed by atoms with Crippen LogP contribution < -0.4 is 0 Å². The lowest BCUT2D eigenvalue weighted by Crippen LogP contribution is -2.43. The van der Waals surface area contributed by atoms with Crippen LogP contribution in [0.3, 0.4) is 0 Å². The number of fused-ring (bicyclic) bond motifs is 2. The molecule has 2 aromatic rings. The second-order valence-electron chi connectivity index (χ2n) is 7.10. The Bertz CT molecular complexity index is 1090. The van der Waals surface area contributed by atoms with Crippen LogP contribution in [0.5, 0.6) is 0 Å². The lowest BCUT2D eigenvalue weighted by atomic mass is 10.1. The van der Waals surface area contributed by atoms with E-state index in [9.17, 15) is 16.8 Å². The summed E-state index contributed by atoms with van der Waals surface area (Å²) in [6, 6.07) is 14.4. The van der Waals surface area contributed by atoms with E-state index in [1.165, 1.54) is 4.31 Å². The van der Waals surface area contributed by atoms with E-state index in [4.69, 9.17) is 0 Å². The van der Waals surface area contributed by atoms with Gasteiger partial charge in [-0.3, -0.25) is 0 Å².